The lowest BCUT2D eigenvalue weighted by Gasteiger charge is -2.33. The number of benzene rings is 1. The maximum Gasteiger partial charge on any atom is 0.173 e. The van der Waals surface area contributed by atoms with E-state index in [-0.39, 0.29) is 5.82 Å². The van der Waals surface area contributed by atoms with Crippen LogP contribution in [0.2, 0.25) is 0 Å². The Morgan fingerprint density at radius 3 is 2.57 bits per heavy atom. The second kappa shape index (κ2) is 7.48. The molecule has 2 aromatic rings. The molecule has 1 saturated heterocycles. The highest BCUT2D eigenvalue weighted by molar-refractivity contribution is 7.80. The molecule has 1 fully saturated rings. The molecule has 0 spiro atoms. The molecule has 0 atom stereocenters. The summed E-state index contributed by atoms with van der Waals surface area (Å²) in [4.78, 5) is 7.68. The molecule has 2 N–H and O–H groups in total. The number of aromatic nitrogens is 1. The third-order valence-corrected chi connectivity index (χ3v) is 4.44. The smallest absolute Gasteiger partial charge is 0.173 e. The van der Waals surface area contributed by atoms with Crippen LogP contribution in [0.4, 0.5) is 10.1 Å². The lowest BCUT2D eigenvalue weighted by molar-refractivity contribution is -0.917. The summed E-state index contributed by atoms with van der Waals surface area (Å²) in [6, 6.07) is 10.7. The Morgan fingerprint density at radius 1 is 1.17 bits per heavy atom. The van der Waals surface area contributed by atoms with Crippen molar-refractivity contribution in [1.29, 1.82) is 0 Å². The van der Waals surface area contributed by atoms with Crippen molar-refractivity contribution in [3.05, 3.63) is 60.2 Å². The van der Waals surface area contributed by atoms with Crippen molar-refractivity contribution >= 4 is 23.0 Å². The Hall–Kier alpha value is -2.05. The molecule has 1 aromatic heterocycles. The van der Waals surface area contributed by atoms with E-state index in [9.17, 15) is 4.39 Å². The van der Waals surface area contributed by atoms with Crippen LogP contribution in [-0.2, 0) is 6.54 Å². The summed E-state index contributed by atoms with van der Waals surface area (Å²) in [5, 5.41) is 3.60. The number of rotatable bonds is 3. The standard InChI is InChI=1S/C17H19FN4S/c18-15-3-1-2-4-16(15)20-17(23)22-11-9-21(10-12-22)13-14-5-7-19-8-6-14/h1-8H,9-13H2,(H,20,23)/p+1. The largest absolute Gasteiger partial charge is 0.338 e. The molecular formula is C17H20FN4S+. The molecule has 4 nitrogen and oxygen atoms in total. The van der Waals surface area contributed by atoms with E-state index in [1.54, 1.807) is 18.2 Å². The second-order valence-corrected chi connectivity index (χ2v) is 6.07. The average Bonchev–Trinajstić information content (AvgIpc) is 2.58. The molecule has 0 aliphatic carbocycles. The van der Waals surface area contributed by atoms with E-state index < -0.39 is 0 Å². The molecule has 3 rings (SSSR count). The van der Waals surface area contributed by atoms with Crippen LogP contribution in [0.15, 0.2) is 48.8 Å². The molecule has 0 unspecified atom stereocenters. The van der Waals surface area contributed by atoms with E-state index in [4.69, 9.17) is 12.2 Å². The van der Waals surface area contributed by atoms with E-state index in [0.29, 0.717) is 10.8 Å². The summed E-state index contributed by atoms with van der Waals surface area (Å²) in [5.41, 5.74) is 1.74. The highest BCUT2D eigenvalue weighted by Crippen LogP contribution is 2.13. The van der Waals surface area contributed by atoms with Crippen molar-refractivity contribution in [2.75, 3.05) is 31.5 Å². The zero-order valence-corrected chi connectivity index (χ0v) is 13.7. The van der Waals surface area contributed by atoms with Gasteiger partial charge in [0.25, 0.3) is 0 Å². The van der Waals surface area contributed by atoms with Crippen LogP contribution >= 0.6 is 12.2 Å². The molecule has 23 heavy (non-hydrogen) atoms. The zero-order valence-electron chi connectivity index (χ0n) is 12.8. The number of nitrogens with one attached hydrogen (secondary N) is 2. The van der Waals surface area contributed by atoms with Crippen LogP contribution in [0.1, 0.15) is 5.56 Å². The van der Waals surface area contributed by atoms with Gasteiger partial charge in [0.2, 0.25) is 0 Å². The first-order valence-electron chi connectivity index (χ1n) is 7.75. The second-order valence-electron chi connectivity index (χ2n) is 5.68. The van der Waals surface area contributed by atoms with Crippen molar-refractivity contribution in [3.63, 3.8) is 0 Å². The van der Waals surface area contributed by atoms with Crippen LogP contribution in [0.25, 0.3) is 0 Å². The van der Waals surface area contributed by atoms with E-state index in [2.05, 4.69) is 27.3 Å². The molecule has 1 aliphatic heterocycles. The molecule has 120 valence electrons. The minimum atomic E-state index is -0.281. The molecule has 0 bridgehead atoms. The SMILES string of the molecule is Fc1ccccc1NC(=S)N1CC[NH+](Cc2ccncc2)CC1. The summed E-state index contributed by atoms with van der Waals surface area (Å²) < 4.78 is 13.7. The highest BCUT2D eigenvalue weighted by atomic mass is 32.1. The number of piperazine rings is 1. The minimum Gasteiger partial charge on any atom is -0.338 e. The van der Waals surface area contributed by atoms with Crippen LogP contribution in [0.5, 0.6) is 0 Å². The third-order valence-electron chi connectivity index (χ3n) is 4.08. The van der Waals surface area contributed by atoms with Gasteiger partial charge in [0, 0.05) is 18.0 Å². The van der Waals surface area contributed by atoms with Gasteiger partial charge in [-0.2, -0.15) is 0 Å². The van der Waals surface area contributed by atoms with Crippen molar-refractivity contribution in [2.45, 2.75) is 6.54 Å². The van der Waals surface area contributed by atoms with Crippen molar-refractivity contribution in [1.82, 2.24) is 9.88 Å². The first-order valence-corrected chi connectivity index (χ1v) is 8.16. The number of para-hydroxylation sites is 1. The van der Waals surface area contributed by atoms with Crippen LogP contribution in [0.3, 0.4) is 0 Å². The number of pyridine rings is 1. The maximum absolute atomic E-state index is 13.7. The Morgan fingerprint density at radius 2 is 1.87 bits per heavy atom. The lowest BCUT2D eigenvalue weighted by Crippen LogP contribution is -3.13. The predicted molar refractivity (Wildman–Crippen MR) is 92.8 cm³/mol. The fourth-order valence-corrected chi connectivity index (χ4v) is 3.04. The molecule has 2 heterocycles. The Bertz CT molecular complexity index is 657. The molecule has 1 aromatic carbocycles. The van der Waals surface area contributed by atoms with E-state index in [0.717, 1.165) is 32.7 Å². The van der Waals surface area contributed by atoms with Gasteiger partial charge in [-0.25, -0.2) is 4.39 Å². The number of nitrogens with zero attached hydrogens (tertiary/aromatic N) is 2. The fraction of sp³-hybridized carbons (Fsp3) is 0.294. The maximum atomic E-state index is 13.7. The number of thiocarbonyl (C=S) groups is 1. The van der Waals surface area contributed by atoms with E-state index in [1.165, 1.54) is 16.5 Å². The Kier molecular flexibility index (Phi) is 5.15. The first-order chi connectivity index (χ1) is 11.2. The Balaban J connectivity index is 1.50. The zero-order chi connectivity index (χ0) is 16.1. The normalized spacial score (nSPS) is 15.4. The van der Waals surface area contributed by atoms with Crippen molar-refractivity contribution < 1.29 is 9.29 Å². The minimum absolute atomic E-state index is 0.281. The van der Waals surface area contributed by atoms with Gasteiger partial charge in [0.1, 0.15) is 12.4 Å². The quantitative estimate of drug-likeness (QED) is 0.831. The number of hydrogen-bond donors (Lipinski definition) is 2. The van der Waals surface area contributed by atoms with Gasteiger partial charge in [0.15, 0.2) is 5.11 Å². The van der Waals surface area contributed by atoms with Gasteiger partial charge in [-0.05, 0) is 36.5 Å². The summed E-state index contributed by atoms with van der Waals surface area (Å²) in [5.74, 6) is -0.281. The molecule has 1 aliphatic rings. The highest BCUT2D eigenvalue weighted by Gasteiger charge is 2.22. The topological polar surface area (TPSA) is 32.6 Å². The van der Waals surface area contributed by atoms with Crippen LogP contribution in [-0.4, -0.2) is 41.2 Å². The monoisotopic (exact) mass is 331 g/mol. The lowest BCUT2D eigenvalue weighted by atomic mass is 10.2. The summed E-state index contributed by atoms with van der Waals surface area (Å²) in [6.07, 6.45) is 3.66. The number of hydrogen-bond acceptors (Lipinski definition) is 2. The first kappa shape index (κ1) is 15.8. The molecule has 6 heteroatoms. The summed E-state index contributed by atoms with van der Waals surface area (Å²) >= 11 is 5.41. The molecule has 0 saturated carbocycles. The van der Waals surface area contributed by atoms with Crippen molar-refractivity contribution in [2.24, 2.45) is 0 Å². The van der Waals surface area contributed by atoms with Gasteiger partial charge in [-0.1, -0.05) is 12.1 Å². The molecule has 0 amide bonds. The summed E-state index contributed by atoms with van der Waals surface area (Å²) in [6.45, 7) is 4.79. The van der Waals surface area contributed by atoms with E-state index >= 15 is 0 Å². The van der Waals surface area contributed by atoms with Gasteiger partial charge in [-0.3, -0.25) is 4.98 Å². The predicted octanol–water partition coefficient (Wildman–Crippen LogP) is 1.32. The van der Waals surface area contributed by atoms with E-state index in [1.807, 2.05) is 12.4 Å². The number of halogens is 1. The fourth-order valence-electron chi connectivity index (χ4n) is 2.75. The van der Waals surface area contributed by atoms with Gasteiger partial charge in [-0.15, -0.1) is 0 Å². The van der Waals surface area contributed by atoms with Crippen LogP contribution < -0.4 is 10.2 Å². The number of anilines is 1. The van der Waals surface area contributed by atoms with Gasteiger partial charge >= 0.3 is 0 Å². The Labute approximate surface area is 140 Å². The average molecular weight is 331 g/mol. The molecule has 0 radical (unpaired) electrons. The summed E-state index contributed by atoms with van der Waals surface area (Å²) in [7, 11) is 0. The third kappa shape index (κ3) is 4.24. The van der Waals surface area contributed by atoms with Crippen molar-refractivity contribution in [3.8, 4) is 0 Å². The molecular weight excluding hydrogens is 311 g/mol. The van der Waals surface area contributed by atoms with Crippen LogP contribution in [0, 0.1) is 5.82 Å². The van der Waals surface area contributed by atoms with Gasteiger partial charge < -0.3 is 15.1 Å². The number of quaternary nitrogens is 1. The van der Waals surface area contributed by atoms with Gasteiger partial charge in [0.05, 0.1) is 31.9 Å².